The lowest BCUT2D eigenvalue weighted by molar-refractivity contribution is -0.202. The van der Waals surface area contributed by atoms with Crippen LogP contribution in [0.2, 0.25) is 0 Å². The molecular formula is C33H36F2N6O4. The third kappa shape index (κ3) is 6.91. The number of hydrogen-bond donors (Lipinski definition) is 2. The highest BCUT2D eigenvalue weighted by atomic mass is 19.3. The van der Waals surface area contributed by atoms with Crippen molar-refractivity contribution in [2.24, 2.45) is 0 Å². The van der Waals surface area contributed by atoms with E-state index in [1.165, 1.54) is 5.56 Å². The Bertz CT molecular complexity index is 1550. The van der Waals surface area contributed by atoms with E-state index >= 15 is 0 Å². The first-order valence-electron chi connectivity index (χ1n) is 15.3. The first-order valence-corrected chi connectivity index (χ1v) is 15.3. The van der Waals surface area contributed by atoms with Crippen LogP contribution in [-0.2, 0) is 9.53 Å². The van der Waals surface area contributed by atoms with Crippen LogP contribution in [0, 0.1) is 11.3 Å². The third-order valence-electron chi connectivity index (χ3n) is 8.82. The van der Waals surface area contributed by atoms with Gasteiger partial charge in [-0.1, -0.05) is 12.1 Å². The van der Waals surface area contributed by atoms with E-state index in [4.69, 9.17) is 9.47 Å². The van der Waals surface area contributed by atoms with Gasteiger partial charge in [0.1, 0.15) is 24.0 Å². The smallest absolute Gasteiger partial charge is 0.331 e. The molecule has 3 fully saturated rings. The fourth-order valence-corrected chi connectivity index (χ4v) is 6.16. The maximum absolute atomic E-state index is 14.7. The molecule has 3 aliphatic heterocycles. The standard InChI is InChI=1S/C33H36F2N6O4/c1-21(42)31(43)41-15-11-28(17-33(41,34)35)45-30-7-4-24(16-25(30)18-36)29-8-12-37-32(39-29)38-26-5-2-22(3-6-26)23-9-13-40(14-10-23)27-19-44-20-27/h2-8,12,16,21,23,27-28,42H,9-11,13-15,17,19-20H2,1H3,(H,37,38,39)/t21-,28?/m1/s1. The number of ether oxygens (including phenoxy) is 2. The van der Waals surface area contributed by atoms with E-state index in [-0.39, 0.29) is 24.3 Å². The molecule has 6 rings (SSSR count). The number of aromatic nitrogens is 2. The molecule has 3 aromatic rings. The van der Waals surface area contributed by atoms with Crippen molar-refractivity contribution in [3.63, 3.8) is 0 Å². The number of nitrogens with one attached hydrogen (secondary N) is 1. The molecule has 0 bridgehead atoms. The number of likely N-dealkylation sites (tertiary alicyclic amines) is 2. The Kier molecular flexibility index (Phi) is 8.94. The van der Waals surface area contributed by atoms with Gasteiger partial charge in [-0.15, -0.1) is 0 Å². The van der Waals surface area contributed by atoms with E-state index in [0.29, 0.717) is 34.1 Å². The highest BCUT2D eigenvalue weighted by Crippen LogP contribution is 2.36. The molecule has 2 N–H and O–H groups in total. The van der Waals surface area contributed by atoms with Gasteiger partial charge >= 0.3 is 6.05 Å². The number of carbonyl (C=O) groups excluding carboxylic acids is 1. The lowest BCUT2D eigenvalue weighted by Crippen LogP contribution is -2.55. The predicted octanol–water partition coefficient (Wildman–Crippen LogP) is 4.68. The highest BCUT2D eigenvalue weighted by Gasteiger charge is 2.47. The third-order valence-corrected chi connectivity index (χ3v) is 8.82. The molecule has 236 valence electrons. The van der Waals surface area contributed by atoms with Crippen LogP contribution < -0.4 is 10.1 Å². The van der Waals surface area contributed by atoms with Crippen LogP contribution in [0.3, 0.4) is 0 Å². The molecule has 0 aliphatic carbocycles. The number of amides is 1. The zero-order valence-electron chi connectivity index (χ0n) is 25.0. The van der Waals surface area contributed by atoms with Crippen LogP contribution in [0.1, 0.15) is 49.7 Å². The maximum Gasteiger partial charge on any atom is 0.331 e. The van der Waals surface area contributed by atoms with E-state index in [9.17, 15) is 23.9 Å². The lowest BCUT2D eigenvalue weighted by Gasteiger charge is -2.41. The molecule has 10 nitrogen and oxygen atoms in total. The summed E-state index contributed by atoms with van der Waals surface area (Å²) in [7, 11) is 0. The number of aliphatic hydroxyl groups is 1. The number of rotatable bonds is 8. The summed E-state index contributed by atoms with van der Waals surface area (Å²) in [6.07, 6.45) is 0.871. The normalized spacial score (nSPS) is 21.4. The number of alkyl halides is 2. The van der Waals surface area contributed by atoms with Gasteiger partial charge in [-0.25, -0.2) is 9.97 Å². The van der Waals surface area contributed by atoms with Crippen molar-refractivity contribution in [2.75, 3.05) is 38.2 Å². The second kappa shape index (κ2) is 13.0. The fourth-order valence-electron chi connectivity index (χ4n) is 6.16. The minimum Gasteiger partial charge on any atom is -0.489 e. The molecule has 2 aromatic carbocycles. The Labute approximate surface area is 260 Å². The van der Waals surface area contributed by atoms with Gasteiger partial charge in [0.05, 0.1) is 36.9 Å². The summed E-state index contributed by atoms with van der Waals surface area (Å²) in [6, 6.07) is 14.2. The number of hydrogen-bond acceptors (Lipinski definition) is 9. The van der Waals surface area contributed by atoms with Gasteiger partial charge in [-0.2, -0.15) is 14.0 Å². The quantitative estimate of drug-likeness (QED) is 0.347. The van der Waals surface area contributed by atoms with Crippen molar-refractivity contribution in [2.45, 2.75) is 62.8 Å². The number of nitriles is 1. The maximum atomic E-state index is 14.7. The first kappa shape index (κ1) is 30.8. The molecule has 2 atom stereocenters. The molecule has 45 heavy (non-hydrogen) atoms. The molecule has 4 heterocycles. The number of aliphatic hydroxyl groups excluding tert-OH is 1. The molecule has 0 radical (unpaired) electrons. The van der Waals surface area contributed by atoms with Gasteiger partial charge in [0.25, 0.3) is 5.91 Å². The van der Waals surface area contributed by atoms with Crippen LogP contribution in [0.4, 0.5) is 20.4 Å². The summed E-state index contributed by atoms with van der Waals surface area (Å²) < 4.78 is 40.5. The summed E-state index contributed by atoms with van der Waals surface area (Å²) in [5.74, 6) is 0.0897. The van der Waals surface area contributed by atoms with Crippen molar-refractivity contribution < 1.29 is 28.2 Å². The zero-order chi connectivity index (χ0) is 31.6. The van der Waals surface area contributed by atoms with Gasteiger partial charge in [-0.05, 0) is 80.7 Å². The molecule has 1 unspecified atom stereocenters. The number of anilines is 2. The van der Waals surface area contributed by atoms with Crippen molar-refractivity contribution >= 4 is 17.5 Å². The molecule has 1 aromatic heterocycles. The topological polar surface area (TPSA) is 124 Å². The number of piperidine rings is 2. The van der Waals surface area contributed by atoms with Crippen LogP contribution in [0.5, 0.6) is 5.75 Å². The summed E-state index contributed by atoms with van der Waals surface area (Å²) in [5.41, 5.74) is 3.58. The summed E-state index contributed by atoms with van der Waals surface area (Å²) in [6.45, 7) is 4.80. The molecule has 0 spiro atoms. The van der Waals surface area contributed by atoms with E-state index < -0.39 is 30.6 Å². The van der Waals surface area contributed by atoms with E-state index in [0.717, 1.165) is 51.8 Å². The summed E-state index contributed by atoms with van der Waals surface area (Å²) >= 11 is 0. The molecule has 3 aliphatic rings. The lowest BCUT2D eigenvalue weighted by atomic mass is 9.88. The van der Waals surface area contributed by atoms with Crippen LogP contribution in [-0.4, -0.2) is 87.9 Å². The minimum atomic E-state index is -3.47. The van der Waals surface area contributed by atoms with Crippen molar-refractivity contribution in [3.8, 4) is 23.1 Å². The van der Waals surface area contributed by atoms with Gasteiger partial charge in [-0.3, -0.25) is 14.6 Å². The zero-order valence-corrected chi connectivity index (χ0v) is 25.0. The second-order valence-corrected chi connectivity index (χ2v) is 11.9. The molecule has 1 amide bonds. The number of benzene rings is 2. The Morgan fingerprint density at radius 2 is 1.89 bits per heavy atom. The van der Waals surface area contributed by atoms with Crippen molar-refractivity contribution in [1.82, 2.24) is 19.8 Å². The molecule has 0 saturated carbocycles. The highest BCUT2D eigenvalue weighted by molar-refractivity contribution is 5.80. The Hall–Kier alpha value is -4.18. The predicted molar refractivity (Wildman–Crippen MR) is 162 cm³/mol. The first-order chi connectivity index (χ1) is 21.7. The Morgan fingerprint density at radius 3 is 2.53 bits per heavy atom. The van der Waals surface area contributed by atoms with Crippen LogP contribution in [0.25, 0.3) is 11.3 Å². The van der Waals surface area contributed by atoms with Crippen molar-refractivity contribution in [3.05, 3.63) is 65.9 Å². The van der Waals surface area contributed by atoms with Gasteiger partial charge < -0.3 is 19.9 Å². The molecule has 12 heteroatoms. The largest absolute Gasteiger partial charge is 0.489 e. The van der Waals surface area contributed by atoms with Gasteiger partial charge in [0.15, 0.2) is 0 Å². The van der Waals surface area contributed by atoms with Gasteiger partial charge in [0.2, 0.25) is 5.95 Å². The van der Waals surface area contributed by atoms with Crippen LogP contribution >= 0.6 is 0 Å². The van der Waals surface area contributed by atoms with Crippen molar-refractivity contribution in [1.29, 1.82) is 5.26 Å². The summed E-state index contributed by atoms with van der Waals surface area (Å²) in [5, 5.41) is 22.5. The van der Waals surface area contributed by atoms with E-state index in [1.807, 2.05) is 12.1 Å². The molecule has 3 saturated heterocycles. The minimum absolute atomic E-state index is 0.137. The summed E-state index contributed by atoms with van der Waals surface area (Å²) in [4.78, 5) is 23.9. The number of halogens is 2. The number of nitrogens with zero attached hydrogens (tertiary/aromatic N) is 5. The fraction of sp³-hybridized carbons (Fsp3) is 0.455. The van der Waals surface area contributed by atoms with Crippen LogP contribution in [0.15, 0.2) is 54.7 Å². The average molecular weight is 619 g/mol. The second-order valence-electron chi connectivity index (χ2n) is 11.9. The monoisotopic (exact) mass is 618 g/mol. The van der Waals surface area contributed by atoms with E-state index in [2.05, 4.69) is 38.4 Å². The van der Waals surface area contributed by atoms with E-state index in [1.54, 1.807) is 30.5 Å². The Balaban J connectivity index is 1.08. The van der Waals surface area contributed by atoms with Gasteiger partial charge in [0, 0.05) is 30.4 Å². The molecular weight excluding hydrogens is 582 g/mol. The average Bonchev–Trinajstić information content (AvgIpc) is 3.01. The number of carbonyl (C=O) groups is 1. The Morgan fingerprint density at radius 1 is 1.13 bits per heavy atom. The SMILES string of the molecule is C[C@@H](O)C(=O)N1CCC(Oc2ccc(-c3ccnc(Nc4ccc(C5CCN(C6COC6)CC5)cc4)n3)cc2C#N)CC1(F)F.